The van der Waals surface area contributed by atoms with Gasteiger partial charge in [0, 0.05) is 5.92 Å². The number of carbonyl (C=O) groups excluding carboxylic acids is 1. The molecule has 0 aromatic heterocycles. The van der Waals surface area contributed by atoms with Gasteiger partial charge in [0.25, 0.3) is 0 Å². The Kier molecular flexibility index (Phi) is 9.34. The quantitative estimate of drug-likeness (QED) is 0.445. The fourth-order valence-corrected chi connectivity index (χ4v) is 3.93. The molecule has 0 saturated carbocycles. The van der Waals surface area contributed by atoms with E-state index >= 15 is 0 Å². The van der Waals surface area contributed by atoms with Crippen LogP contribution in [0.2, 0.25) is 0 Å². The van der Waals surface area contributed by atoms with Crippen molar-refractivity contribution in [3.63, 3.8) is 0 Å². The maximum absolute atomic E-state index is 11.7. The van der Waals surface area contributed by atoms with Gasteiger partial charge in [0.15, 0.2) is 0 Å². The normalized spacial score (nSPS) is 13.6. The van der Waals surface area contributed by atoms with Crippen molar-refractivity contribution < 1.29 is 9.90 Å². The average Bonchev–Trinajstić information content (AvgIpc) is 2.69. The van der Waals surface area contributed by atoms with Crippen LogP contribution in [0.3, 0.4) is 0 Å². The highest BCUT2D eigenvalue weighted by Gasteiger charge is 2.26. The largest absolute Gasteiger partial charge is 0.383 e. The minimum atomic E-state index is -1.13. The van der Waals surface area contributed by atoms with Crippen LogP contribution in [0.25, 0.3) is 10.8 Å². The van der Waals surface area contributed by atoms with Gasteiger partial charge in [-0.25, -0.2) is 0 Å². The Labute approximate surface area is 164 Å². The van der Waals surface area contributed by atoms with Gasteiger partial charge < -0.3 is 10.8 Å². The number of aliphatic hydroxyl groups excluding tert-OH is 1. The highest BCUT2D eigenvalue weighted by atomic mass is 16.3. The van der Waals surface area contributed by atoms with Gasteiger partial charge in [-0.2, -0.15) is 0 Å². The lowest BCUT2D eigenvalue weighted by Crippen LogP contribution is -2.34. The third kappa shape index (κ3) is 6.66. The number of carbonyl (C=O) groups is 1. The Morgan fingerprint density at radius 1 is 0.889 bits per heavy atom. The summed E-state index contributed by atoms with van der Waals surface area (Å²) in [5.74, 6) is -0.873. The number of benzene rings is 2. The molecule has 3 N–H and O–H groups in total. The third-order valence-electron chi connectivity index (χ3n) is 5.51. The van der Waals surface area contributed by atoms with E-state index in [0.717, 1.165) is 35.6 Å². The second-order valence-electron chi connectivity index (χ2n) is 7.64. The molecule has 1 amide bonds. The molecule has 0 spiro atoms. The van der Waals surface area contributed by atoms with Gasteiger partial charge >= 0.3 is 0 Å². The fraction of sp³-hybridized carbons (Fsp3) is 0.542. The molecule has 0 aliphatic carbocycles. The van der Waals surface area contributed by atoms with Crippen molar-refractivity contribution in [3.8, 4) is 0 Å². The van der Waals surface area contributed by atoms with Gasteiger partial charge in [-0.3, -0.25) is 4.79 Å². The molecule has 0 radical (unpaired) electrons. The van der Waals surface area contributed by atoms with Crippen molar-refractivity contribution in [2.24, 2.45) is 5.73 Å². The number of aliphatic hydroxyl groups is 1. The van der Waals surface area contributed by atoms with Crippen molar-refractivity contribution in [3.05, 3.63) is 48.0 Å². The van der Waals surface area contributed by atoms with Gasteiger partial charge in [-0.05, 0) is 22.8 Å². The number of unbranched alkanes of at least 4 members (excludes halogenated alkanes) is 8. The first-order chi connectivity index (χ1) is 13.1. The number of hydrogen-bond donors (Lipinski definition) is 2. The van der Waals surface area contributed by atoms with Crippen molar-refractivity contribution in [1.82, 2.24) is 0 Å². The van der Waals surface area contributed by atoms with Crippen LogP contribution in [0.15, 0.2) is 42.5 Å². The molecule has 27 heavy (non-hydrogen) atoms. The lowest BCUT2D eigenvalue weighted by molar-refractivity contribution is -0.127. The molecule has 3 heteroatoms. The molecule has 2 atom stereocenters. The number of rotatable bonds is 13. The number of hydrogen-bond acceptors (Lipinski definition) is 2. The summed E-state index contributed by atoms with van der Waals surface area (Å²) < 4.78 is 0. The first-order valence-electron chi connectivity index (χ1n) is 10.6. The van der Waals surface area contributed by atoms with Crippen LogP contribution in [-0.2, 0) is 4.79 Å². The minimum absolute atomic E-state index is 0.238. The van der Waals surface area contributed by atoms with E-state index in [9.17, 15) is 9.90 Å². The number of primary amides is 1. The van der Waals surface area contributed by atoms with Crippen LogP contribution in [0.4, 0.5) is 0 Å². The van der Waals surface area contributed by atoms with E-state index in [4.69, 9.17) is 5.73 Å². The van der Waals surface area contributed by atoms with Crippen molar-refractivity contribution in [1.29, 1.82) is 0 Å². The van der Waals surface area contributed by atoms with Gasteiger partial charge in [0.2, 0.25) is 5.91 Å². The molecule has 0 heterocycles. The second kappa shape index (κ2) is 11.8. The lowest BCUT2D eigenvalue weighted by Gasteiger charge is -2.23. The maximum Gasteiger partial charge on any atom is 0.246 e. The average molecular weight is 370 g/mol. The highest BCUT2D eigenvalue weighted by Crippen LogP contribution is 2.32. The van der Waals surface area contributed by atoms with E-state index in [1.54, 1.807) is 0 Å². The topological polar surface area (TPSA) is 63.3 Å². The number of fused-ring (bicyclic) bond motifs is 1. The fourth-order valence-electron chi connectivity index (χ4n) is 3.93. The monoisotopic (exact) mass is 369 g/mol. The van der Waals surface area contributed by atoms with Gasteiger partial charge in [0.05, 0.1) is 0 Å². The summed E-state index contributed by atoms with van der Waals surface area (Å²) in [6.07, 6.45) is 10.9. The van der Waals surface area contributed by atoms with Crippen LogP contribution in [-0.4, -0.2) is 17.1 Å². The Hall–Kier alpha value is -1.87. The zero-order chi connectivity index (χ0) is 19.5. The lowest BCUT2D eigenvalue weighted by atomic mass is 9.85. The van der Waals surface area contributed by atoms with Gasteiger partial charge in [0.1, 0.15) is 6.10 Å². The predicted molar refractivity (Wildman–Crippen MR) is 114 cm³/mol. The van der Waals surface area contributed by atoms with Crippen molar-refractivity contribution in [2.45, 2.75) is 83.2 Å². The first-order valence-corrected chi connectivity index (χ1v) is 10.6. The molecule has 148 valence electrons. The van der Waals surface area contributed by atoms with E-state index < -0.39 is 12.0 Å². The SMILES string of the molecule is CCCCCCCCCCCC(c1cccc2ccccc12)C(O)C(N)=O. The molecule has 2 rings (SSSR count). The van der Waals surface area contributed by atoms with E-state index in [0.29, 0.717) is 0 Å². The van der Waals surface area contributed by atoms with Crippen LogP contribution in [0.5, 0.6) is 0 Å². The van der Waals surface area contributed by atoms with E-state index in [-0.39, 0.29) is 5.92 Å². The zero-order valence-electron chi connectivity index (χ0n) is 16.7. The molecular formula is C24H35NO2. The Morgan fingerprint density at radius 3 is 2.15 bits per heavy atom. The summed E-state index contributed by atoms with van der Waals surface area (Å²) in [5, 5.41) is 12.7. The first kappa shape index (κ1) is 21.4. The smallest absolute Gasteiger partial charge is 0.246 e. The Bertz CT molecular complexity index is 692. The van der Waals surface area contributed by atoms with Crippen LogP contribution >= 0.6 is 0 Å². The molecule has 0 aliphatic rings. The molecule has 0 saturated heterocycles. The standard InChI is InChI=1S/C24H35NO2/c1-2-3-4-5-6-7-8-9-10-17-22(23(26)24(25)27)21-18-13-15-19-14-11-12-16-20(19)21/h11-16,18,22-23,26H,2-10,17H2,1H3,(H2,25,27). The highest BCUT2D eigenvalue weighted by molar-refractivity contribution is 5.87. The summed E-state index contributed by atoms with van der Waals surface area (Å²) >= 11 is 0. The van der Waals surface area contributed by atoms with E-state index in [1.807, 2.05) is 24.3 Å². The number of amides is 1. The summed E-state index contributed by atoms with van der Waals surface area (Å²) in [6, 6.07) is 14.2. The number of nitrogens with two attached hydrogens (primary N) is 1. The van der Waals surface area contributed by atoms with Crippen molar-refractivity contribution >= 4 is 16.7 Å². The Morgan fingerprint density at radius 2 is 1.48 bits per heavy atom. The summed E-state index contributed by atoms with van der Waals surface area (Å²) in [4.78, 5) is 11.7. The molecule has 2 aromatic rings. The maximum atomic E-state index is 11.7. The summed E-state index contributed by atoms with van der Waals surface area (Å²) in [7, 11) is 0. The second-order valence-corrected chi connectivity index (χ2v) is 7.64. The van der Waals surface area contributed by atoms with Gasteiger partial charge in [-0.15, -0.1) is 0 Å². The third-order valence-corrected chi connectivity index (χ3v) is 5.51. The predicted octanol–water partition coefficient (Wildman–Crippen LogP) is 5.69. The van der Waals surface area contributed by atoms with Crippen molar-refractivity contribution in [2.75, 3.05) is 0 Å². The van der Waals surface area contributed by atoms with Crippen LogP contribution < -0.4 is 5.73 Å². The van der Waals surface area contributed by atoms with Crippen LogP contribution in [0, 0.1) is 0 Å². The minimum Gasteiger partial charge on any atom is -0.383 e. The molecule has 3 nitrogen and oxygen atoms in total. The summed E-state index contributed by atoms with van der Waals surface area (Å²) in [5.41, 5.74) is 6.47. The molecule has 2 aromatic carbocycles. The molecule has 0 fully saturated rings. The van der Waals surface area contributed by atoms with Crippen LogP contribution in [0.1, 0.15) is 82.6 Å². The van der Waals surface area contributed by atoms with E-state index in [2.05, 4.69) is 25.1 Å². The molecule has 0 aliphatic heterocycles. The van der Waals surface area contributed by atoms with Gasteiger partial charge in [-0.1, -0.05) is 107 Å². The molecule has 0 bridgehead atoms. The molecule has 2 unspecified atom stereocenters. The summed E-state index contributed by atoms with van der Waals surface area (Å²) in [6.45, 7) is 2.24. The van der Waals surface area contributed by atoms with E-state index in [1.165, 1.54) is 44.9 Å². The Balaban J connectivity index is 1.93. The molecular weight excluding hydrogens is 334 g/mol. The zero-order valence-corrected chi connectivity index (χ0v) is 16.7.